The van der Waals surface area contributed by atoms with Crippen molar-refractivity contribution in [2.45, 2.75) is 52.2 Å². The van der Waals surface area contributed by atoms with E-state index in [2.05, 4.69) is 10.3 Å². The molecule has 1 saturated heterocycles. The Balaban J connectivity index is 1.41. The fourth-order valence-electron chi connectivity index (χ4n) is 3.87. The second-order valence-electron chi connectivity index (χ2n) is 9.00. The zero-order valence-corrected chi connectivity index (χ0v) is 18.9. The van der Waals surface area contributed by atoms with Gasteiger partial charge < -0.3 is 14.5 Å². The van der Waals surface area contributed by atoms with E-state index in [9.17, 15) is 19.2 Å². The first-order chi connectivity index (χ1) is 15.6. The molecule has 11 nitrogen and oxygen atoms in total. The van der Waals surface area contributed by atoms with Gasteiger partial charge in [-0.05, 0) is 52.7 Å². The van der Waals surface area contributed by atoms with Gasteiger partial charge in [0.25, 0.3) is 11.8 Å². The van der Waals surface area contributed by atoms with Crippen LogP contribution in [0.4, 0.5) is 4.79 Å². The molecule has 0 bridgehead atoms. The molecule has 174 valence electrons. The number of carbonyl (C=O) groups is 4. The number of piperidine rings is 1. The molecule has 0 radical (unpaired) electrons. The maximum atomic E-state index is 12.7. The molecule has 1 aromatic carbocycles. The van der Waals surface area contributed by atoms with E-state index in [1.54, 1.807) is 28.6 Å². The van der Waals surface area contributed by atoms with Crippen LogP contribution in [0.5, 0.6) is 0 Å². The summed E-state index contributed by atoms with van der Waals surface area (Å²) in [5.74, 6) is -2.36. The Bertz CT molecular complexity index is 1090. The molecular formula is C22H25N5O6. The van der Waals surface area contributed by atoms with Crippen LogP contribution in [0, 0.1) is 6.92 Å². The molecule has 0 N–H and O–H groups in total. The van der Waals surface area contributed by atoms with Gasteiger partial charge in [0.1, 0.15) is 5.60 Å². The number of hydrogen-bond donors (Lipinski definition) is 0. The largest absolute Gasteiger partial charge is 0.444 e. The average Bonchev–Trinajstić information content (AvgIpc) is 3.26. The molecule has 11 heteroatoms. The normalized spacial score (nSPS) is 16.7. The molecule has 3 heterocycles. The minimum Gasteiger partial charge on any atom is -0.444 e. The quantitative estimate of drug-likeness (QED) is 0.647. The standard InChI is InChI=1S/C22H25N5O6/c1-13-17(20(30)33-27-18(28)15-7-5-6-8-16(15)19(27)29)23-24-26(13)14-9-11-25(12-10-14)21(31)32-22(2,3)4/h5-8,14H,9-12H2,1-4H3. The second kappa shape index (κ2) is 8.30. The first-order valence-electron chi connectivity index (χ1n) is 10.7. The minimum absolute atomic E-state index is 0.0722. The number of aromatic nitrogens is 3. The molecule has 2 aromatic rings. The molecule has 4 rings (SSSR count). The topological polar surface area (TPSA) is 124 Å². The summed E-state index contributed by atoms with van der Waals surface area (Å²) in [5.41, 5.74) is 0.152. The molecule has 33 heavy (non-hydrogen) atoms. The number of likely N-dealkylation sites (tertiary alicyclic amines) is 1. The van der Waals surface area contributed by atoms with E-state index in [0.29, 0.717) is 36.7 Å². The molecule has 2 aliphatic rings. The molecule has 3 amide bonds. The van der Waals surface area contributed by atoms with Gasteiger partial charge in [-0.3, -0.25) is 9.59 Å². The third kappa shape index (κ3) is 4.30. The number of hydroxylamine groups is 2. The highest BCUT2D eigenvalue weighted by Crippen LogP contribution is 2.26. The Morgan fingerprint density at radius 2 is 1.61 bits per heavy atom. The van der Waals surface area contributed by atoms with Crippen LogP contribution in [0.15, 0.2) is 24.3 Å². The van der Waals surface area contributed by atoms with Gasteiger partial charge >= 0.3 is 12.1 Å². The number of carbonyl (C=O) groups excluding carboxylic acids is 4. The van der Waals surface area contributed by atoms with Crippen molar-refractivity contribution < 1.29 is 28.8 Å². The Morgan fingerprint density at radius 1 is 1.03 bits per heavy atom. The van der Waals surface area contributed by atoms with E-state index in [4.69, 9.17) is 9.57 Å². The third-order valence-electron chi connectivity index (χ3n) is 5.51. The monoisotopic (exact) mass is 455 g/mol. The van der Waals surface area contributed by atoms with E-state index in [1.807, 2.05) is 20.8 Å². The first kappa shape index (κ1) is 22.4. The van der Waals surface area contributed by atoms with Crippen molar-refractivity contribution in [3.63, 3.8) is 0 Å². The Kier molecular flexibility index (Phi) is 5.64. The fraction of sp³-hybridized carbons (Fsp3) is 0.455. The minimum atomic E-state index is -0.945. The molecule has 0 spiro atoms. The van der Waals surface area contributed by atoms with Crippen molar-refractivity contribution in [3.05, 3.63) is 46.8 Å². The molecule has 0 aliphatic carbocycles. The summed E-state index contributed by atoms with van der Waals surface area (Å²) < 4.78 is 7.03. The Labute approximate surface area is 190 Å². The van der Waals surface area contributed by atoms with Gasteiger partial charge in [0, 0.05) is 13.1 Å². The number of amides is 3. The van der Waals surface area contributed by atoms with Crippen LogP contribution in [0.25, 0.3) is 0 Å². The van der Waals surface area contributed by atoms with E-state index in [-0.39, 0.29) is 29.0 Å². The number of hydrogen-bond acceptors (Lipinski definition) is 8. The number of nitrogens with zero attached hydrogens (tertiary/aromatic N) is 5. The van der Waals surface area contributed by atoms with Crippen LogP contribution in [-0.2, 0) is 9.57 Å². The van der Waals surface area contributed by atoms with Crippen LogP contribution in [0.2, 0.25) is 0 Å². The average molecular weight is 455 g/mol. The second-order valence-corrected chi connectivity index (χ2v) is 9.00. The summed E-state index contributed by atoms with van der Waals surface area (Å²) in [7, 11) is 0. The lowest BCUT2D eigenvalue weighted by atomic mass is 10.1. The zero-order chi connectivity index (χ0) is 23.9. The fourth-order valence-corrected chi connectivity index (χ4v) is 3.87. The van der Waals surface area contributed by atoms with E-state index in [0.717, 1.165) is 0 Å². The lowest BCUT2D eigenvalue weighted by Gasteiger charge is -2.33. The Morgan fingerprint density at radius 3 is 2.15 bits per heavy atom. The number of fused-ring (bicyclic) bond motifs is 1. The SMILES string of the molecule is Cc1c(C(=O)ON2C(=O)c3ccccc3C2=O)nnn1C1CCN(C(=O)OC(C)(C)C)CC1. The van der Waals surface area contributed by atoms with Gasteiger partial charge in [-0.1, -0.05) is 22.4 Å². The zero-order valence-electron chi connectivity index (χ0n) is 18.9. The lowest BCUT2D eigenvalue weighted by molar-refractivity contribution is -0.0589. The third-order valence-corrected chi connectivity index (χ3v) is 5.51. The lowest BCUT2D eigenvalue weighted by Crippen LogP contribution is -2.42. The Hall–Kier alpha value is -3.76. The summed E-state index contributed by atoms with van der Waals surface area (Å²) in [6, 6.07) is 6.17. The van der Waals surface area contributed by atoms with Gasteiger partial charge in [0.05, 0.1) is 22.9 Å². The van der Waals surface area contributed by atoms with E-state index < -0.39 is 23.4 Å². The van der Waals surface area contributed by atoms with Crippen LogP contribution in [0.3, 0.4) is 0 Å². The van der Waals surface area contributed by atoms with Gasteiger partial charge in [0.15, 0.2) is 5.69 Å². The van der Waals surface area contributed by atoms with Crippen LogP contribution < -0.4 is 0 Å². The number of imide groups is 1. The van der Waals surface area contributed by atoms with Gasteiger partial charge in [-0.25, -0.2) is 14.3 Å². The van der Waals surface area contributed by atoms with Crippen molar-refractivity contribution in [2.75, 3.05) is 13.1 Å². The molecular weight excluding hydrogens is 430 g/mol. The number of ether oxygens (including phenoxy) is 1. The predicted octanol–water partition coefficient (Wildman–Crippen LogP) is 2.53. The van der Waals surface area contributed by atoms with Crippen molar-refractivity contribution in [3.8, 4) is 0 Å². The van der Waals surface area contributed by atoms with Gasteiger partial charge in [0.2, 0.25) is 0 Å². The predicted molar refractivity (Wildman–Crippen MR) is 113 cm³/mol. The smallest absolute Gasteiger partial charge is 0.410 e. The van der Waals surface area contributed by atoms with Crippen molar-refractivity contribution in [1.82, 2.24) is 25.0 Å². The number of rotatable bonds is 3. The molecule has 2 aliphatic heterocycles. The van der Waals surface area contributed by atoms with Crippen molar-refractivity contribution >= 4 is 23.9 Å². The van der Waals surface area contributed by atoms with Crippen LogP contribution >= 0.6 is 0 Å². The molecule has 0 atom stereocenters. The highest BCUT2D eigenvalue weighted by molar-refractivity contribution is 6.21. The molecule has 0 unspecified atom stereocenters. The van der Waals surface area contributed by atoms with Crippen molar-refractivity contribution in [2.24, 2.45) is 0 Å². The highest BCUT2D eigenvalue weighted by Gasteiger charge is 2.40. The van der Waals surface area contributed by atoms with Gasteiger partial charge in [-0.2, -0.15) is 0 Å². The van der Waals surface area contributed by atoms with Crippen LogP contribution in [-0.4, -0.2) is 67.5 Å². The van der Waals surface area contributed by atoms with Gasteiger partial charge in [-0.15, -0.1) is 5.10 Å². The van der Waals surface area contributed by atoms with Crippen molar-refractivity contribution in [1.29, 1.82) is 0 Å². The maximum absolute atomic E-state index is 12.7. The first-order valence-corrected chi connectivity index (χ1v) is 10.7. The molecule has 0 saturated carbocycles. The summed E-state index contributed by atoms with van der Waals surface area (Å²) in [6.07, 6.45) is 0.855. The van der Waals surface area contributed by atoms with E-state index in [1.165, 1.54) is 12.1 Å². The number of benzene rings is 1. The molecule has 1 fully saturated rings. The van der Waals surface area contributed by atoms with E-state index >= 15 is 0 Å². The van der Waals surface area contributed by atoms with Crippen LogP contribution in [0.1, 0.15) is 76.6 Å². The summed E-state index contributed by atoms with van der Waals surface area (Å²) in [4.78, 5) is 56.5. The summed E-state index contributed by atoms with van der Waals surface area (Å²) in [6.45, 7) is 8.08. The maximum Gasteiger partial charge on any atom is 0.410 e. The summed E-state index contributed by atoms with van der Waals surface area (Å²) in [5, 5.41) is 8.45. The highest BCUT2D eigenvalue weighted by atomic mass is 16.7. The molecule has 1 aromatic heterocycles. The summed E-state index contributed by atoms with van der Waals surface area (Å²) >= 11 is 0.